The van der Waals surface area contributed by atoms with Gasteiger partial charge in [0, 0.05) is 11.1 Å². The Labute approximate surface area is 408 Å². The van der Waals surface area contributed by atoms with Crippen molar-refractivity contribution in [2.75, 3.05) is 10.6 Å². The number of hydrogen-bond acceptors (Lipinski definition) is 6. The summed E-state index contributed by atoms with van der Waals surface area (Å²) in [5, 5.41) is 6.41. The Bertz CT molecular complexity index is 2320. The molecule has 8 nitrogen and oxygen atoms in total. The van der Waals surface area contributed by atoms with Gasteiger partial charge in [-0.1, -0.05) is 199 Å². The number of carbonyl (C=O) groups excluding carboxylic acids is 4. The maximum Gasteiger partial charge on any atom is 0.255 e. The van der Waals surface area contributed by atoms with E-state index in [-0.39, 0.29) is 34.3 Å². The van der Waals surface area contributed by atoms with E-state index in [1.54, 1.807) is 25.1 Å². The highest BCUT2D eigenvalue weighted by Crippen LogP contribution is 2.35. The quantitative estimate of drug-likeness (QED) is 0.0363. The van der Waals surface area contributed by atoms with Crippen molar-refractivity contribution in [3.8, 4) is 0 Å². The zero-order chi connectivity index (χ0) is 48.4. The number of ketones is 2. The number of benzene rings is 2. The number of aromatic nitrogens is 2. The number of rotatable bonds is 33. The Morgan fingerprint density at radius 1 is 0.515 bits per heavy atom. The van der Waals surface area contributed by atoms with Crippen LogP contribution >= 0.6 is 0 Å². The number of unbranched alkanes of at least 4 members (excludes halogenated alkanes) is 24. The van der Waals surface area contributed by atoms with E-state index < -0.39 is 5.92 Å². The SMILES string of the molecule is C=c1cc(NC(=O)c2cccc(CCCCCCCCCCCCCCC)c2)cnc1=C1C(=O)C(c2ncc(NC(=O)c3cccc(CCCCCCCCCCCCCCC)c3)cc2C)C1=O. The van der Waals surface area contributed by atoms with Gasteiger partial charge in [0.2, 0.25) is 0 Å². The van der Waals surface area contributed by atoms with Crippen molar-refractivity contribution in [3.05, 3.63) is 117 Å². The summed E-state index contributed by atoms with van der Waals surface area (Å²) < 4.78 is 0. The molecule has 366 valence electrons. The molecular formula is C60H82N4O4. The van der Waals surface area contributed by atoms with Crippen LogP contribution in [0.15, 0.2) is 73.1 Å². The highest BCUT2D eigenvalue weighted by atomic mass is 16.2. The normalized spacial score (nSPS) is 13.5. The number of amides is 2. The summed E-state index contributed by atoms with van der Waals surface area (Å²) in [6, 6.07) is 18.9. The maximum atomic E-state index is 13.6. The van der Waals surface area contributed by atoms with Gasteiger partial charge in [-0.05, 0) is 90.9 Å². The number of nitrogens with zero attached hydrogens (tertiary/aromatic N) is 2. The molecule has 0 spiro atoms. The van der Waals surface area contributed by atoms with Crippen molar-refractivity contribution in [2.45, 2.75) is 206 Å². The Balaban J connectivity index is 1.03. The minimum absolute atomic E-state index is 0.0176. The number of hydrogen-bond donors (Lipinski definition) is 2. The summed E-state index contributed by atoms with van der Waals surface area (Å²) in [5.74, 6) is -2.30. The van der Waals surface area contributed by atoms with Gasteiger partial charge < -0.3 is 10.6 Å². The molecule has 2 aromatic heterocycles. The standard InChI is InChI=1S/C60H82N4O4/c1-5-7-9-11-13-15-17-19-21-23-25-27-29-33-47-35-31-37-49(41-47)59(67)63-51-39-45(3)55(61-43-51)53-57(65)54(58(53)66)56-46(4)40-52(44-62-56)64-60(68)50-38-32-36-48(42-50)34-30-28-26-24-22-20-18-16-14-12-10-8-6-2/h31-32,35-44,54H,3,5-30,33-34H2,1-2,4H3,(H,63,67)(H,64,68). The van der Waals surface area contributed by atoms with E-state index in [9.17, 15) is 19.2 Å². The first-order valence-corrected chi connectivity index (χ1v) is 26.7. The van der Waals surface area contributed by atoms with Crippen molar-refractivity contribution in [2.24, 2.45) is 0 Å². The second-order valence-electron chi connectivity index (χ2n) is 19.5. The van der Waals surface area contributed by atoms with E-state index in [0.29, 0.717) is 39.0 Å². The van der Waals surface area contributed by atoms with Crippen LogP contribution in [0.5, 0.6) is 0 Å². The fraction of sp³-hybridized carbons (Fsp3) is 0.533. The molecule has 2 N–H and O–H groups in total. The zero-order valence-electron chi connectivity index (χ0n) is 42.0. The molecule has 2 aromatic carbocycles. The lowest BCUT2D eigenvalue weighted by atomic mass is 9.73. The smallest absolute Gasteiger partial charge is 0.255 e. The summed E-state index contributed by atoms with van der Waals surface area (Å²) >= 11 is 0. The Morgan fingerprint density at radius 3 is 1.29 bits per heavy atom. The van der Waals surface area contributed by atoms with Gasteiger partial charge in [0.25, 0.3) is 11.8 Å². The topological polar surface area (TPSA) is 118 Å². The molecule has 0 unspecified atom stereocenters. The van der Waals surface area contributed by atoms with Crippen LogP contribution in [0.1, 0.15) is 230 Å². The lowest BCUT2D eigenvalue weighted by molar-refractivity contribution is -0.130. The van der Waals surface area contributed by atoms with Gasteiger partial charge in [-0.2, -0.15) is 0 Å². The van der Waals surface area contributed by atoms with Crippen LogP contribution < -0.4 is 21.2 Å². The molecule has 0 saturated heterocycles. The molecule has 8 heteroatoms. The predicted octanol–water partition coefficient (Wildman–Crippen LogP) is 14.1. The number of nitrogens with one attached hydrogen (secondary N) is 2. The third kappa shape index (κ3) is 17.7. The van der Waals surface area contributed by atoms with E-state index in [2.05, 4.69) is 53.2 Å². The Hall–Kier alpha value is -5.24. The highest BCUT2D eigenvalue weighted by Gasteiger charge is 2.47. The van der Waals surface area contributed by atoms with Crippen LogP contribution in [0.25, 0.3) is 12.2 Å². The molecule has 0 aliphatic heterocycles. The van der Waals surface area contributed by atoms with Crippen molar-refractivity contribution in [3.63, 3.8) is 0 Å². The molecule has 0 bridgehead atoms. The van der Waals surface area contributed by atoms with Crippen molar-refractivity contribution in [1.82, 2.24) is 9.97 Å². The first-order chi connectivity index (χ1) is 33.2. The summed E-state index contributed by atoms with van der Waals surface area (Å²) in [4.78, 5) is 62.6. The van der Waals surface area contributed by atoms with E-state index in [0.717, 1.165) is 36.8 Å². The van der Waals surface area contributed by atoms with Crippen LogP contribution in [0, 0.1) is 6.92 Å². The molecule has 2 heterocycles. The van der Waals surface area contributed by atoms with E-state index >= 15 is 0 Å². The van der Waals surface area contributed by atoms with Crippen LogP contribution in [-0.2, 0) is 22.4 Å². The van der Waals surface area contributed by atoms with Gasteiger partial charge in [-0.15, -0.1) is 0 Å². The molecule has 1 aliphatic carbocycles. The minimum atomic E-state index is -1.05. The molecule has 0 radical (unpaired) electrons. The fourth-order valence-corrected chi connectivity index (χ4v) is 9.53. The lowest BCUT2D eigenvalue weighted by Crippen LogP contribution is -2.46. The molecule has 68 heavy (non-hydrogen) atoms. The number of Topliss-reactive ketones (excluding diaryl/α,β-unsaturated/α-hetero) is 2. The van der Waals surface area contributed by atoms with Crippen molar-refractivity contribution < 1.29 is 19.2 Å². The van der Waals surface area contributed by atoms with E-state index in [1.807, 2.05) is 30.3 Å². The fourth-order valence-electron chi connectivity index (χ4n) is 9.53. The van der Waals surface area contributed by atoms with Crippen molar-refractivity contribution >= 4 is 46.9 Å². The van der Waals surface area contributed by atoms with E-state index in [4.69, 9.17) is 0 Å². The van der Waals surface area contributed by atoms with Crippen LogP contribution in [0.3, 0.4) is 0 Å². The van der Waals surface area contributed by atoms with E-state index in [1.165, 1.54) is 166 Å². The van der Waals surface area contributed by atoms with Gasteiger partial charge in [0.05, 0.1) is 40.4 Å². The maximum absolute atomic E-state index is 13.6. The van der Waals surface area contributed by atoms with Gasteiger partial charge >= 0.3 is 0 Å². The Kier molecular flexibility index (Phi) is 23.9. The first-order valence-electron chi connectivity index (χ1n) is 26.7. The number of pyridine rings is 2. The molecule has 1 aliphatic rings. The average molecular weight is 923 g/mol. The zero-order valence-corrected chi connectivity index (χ0v) is 42.0. The largest absolute Gasteiger partial charge is 0.321 e. The third-order valence-corrected chi connectivity index (χ3v) is 13.6. The average Bonchev–Trinajstić information content (AvgIpc) is 3.33. The number of carbonyl (C=O) groups is 4. The highest BCUT2D eigenvalue weighted by molar-refractivity contribution is 6.58. The van der Waals surface area contributed by atoms with Crippen LogP contribution in [0.2, 0.25) is 0 Å². The molecule has 5 rings (SSSR count). The first kappa shape index (κ1) is 53.7. The van der Waals surface area contributed by atoms with Crippen molar-refractivity contribution in [1.29, 1.82) is 0 Å². The summed E-state index contributed by atoms with van der Waals surface area (Å²) in [6.07, 6.45) is 39.1. The van der Waals surface area contributed by atoms with Gasteiger partial charge in [0.1, 0.15) is 5.92 Å². The van der Waals surface area contributed by atoms with Crippen LogP contribution in [0.4, 0.5) is 11.4 Å². The molecular weight excluding hydrogens is 841 g/mol. The molecule has 0 atom stereocenters. The second kappa shape index (κ2) is 30.3. The summed E-state index contributed by atoms with van der Waals surface area (Å²) in [7, 11) is 0. The molecule has 2 amide bonds. The van der Waals surface area contributed by atoms with Gasteiger partial charge in [-0.25, -0.2) is 0 Å². The second-order valence-corrected chi connectivity index (χ2v) is 19.5. The number of aryl methyl sites for hydroxylation is 3. The van der Waals surface area contributed by atoms with Gasteiger partial charge in [-0.3, -0.25) is 29.1 Å². The third-order valence-electron chi connectivity index (χ3n) is 13.6. The molecule has 1 saturated carbocycles. The summed E-state index contributed by atoms with van der Waals surface area (Å²) in [5.41, 5.74) is 5.30. The van der Waals surface area contributed by atoms with Crippen LogP contribution in [-0.4, -0.2) is 33.3 Å². The lowest BCUT2D eigenvalue weighted by Gasteiger charge is -2.26. The molecule has 4 aromatic rings. The predicted molar refractivity (Wildman–Crippen MR) is 282 cm³/mol. The molecule has 1 fully saturated rings. The number of anilines is 2. The van der Waals surface area contributed by atoms with Gasteiger partial charge in [0.15, 0.2) is 11.6 Å². The monoisotopic (exact) mass is 923 g/mol. The summed E-state index contributed by atoms with van der Waals surface area (Å²) in [6.45, 7) is 10.4. The Morgan fingerprint density at radius 2 is 0.897 bits per heavy atom. The minimum Gasteiger partial charge on any atom is -0.321 e.